The third kappa shape index (κ3) is 2.67. The highest BCUT2D eigenvalue weighted by Gasteiger charge is 2.61. The number of anilines is 1. The van der Waals surface area contributed by atoms with Gasteiger partial charge in [-0.2, -0.15) is 13.2 Å². The Labute approximate surface area is 120 Å². The van der Waals surface area contributed by atoms with Gasteiger partial charge in [0, 0.05) is 11.0 Å². The summed E-state index contributed by atoms with van der Waals surface area (Å²) in [7, 11) is 0. The topological polar surface area (TPSA) is 41.1 Å². The standard InChI is InChI=1S/C12H11BrF4N2O/c13-7-1-2-8(14)9(5-7)19-10(20)11(12(15,16)17)3-4-18-6-11/h1-2,5,18H,3-4,6H2,(H,19,20). The molecule has 2 N–H and O–H groups in total. The molecule has 1 unspecified atom stereocenters. The number of rotatable bonds is 2. The molecule has 110 valence electrons. The lowest BCUT2D eigenvalue weighted by Gasteiger charge is -2.29. The summed E-state index contributed by atoms with van der Waals surface area (Å²) in [5, 5.41) is 4.56. The summed E-state index contributed by atoms with van der Waals surface area (Å²) in [5.74, 6) is -2.03. The molecule has 8 heteroatoms. The second-order valence-corrected chi connectivity index (χ2v) is 5.50. The highest BCUT2D eigenvalue weighted by molar-refractivity contribution is 9.10. The van der Waals surface area contributed by atoms with E-state index in [0.717, 1.165) is 6.07 Å². The van der Waals surface area contributed by atoms with Crippen LogP contribution in [0.1, 0.15) is 6.42 Å². The highest BCUT2D eigenvalue weighted by Crippen LogP contribution is 2.44. The van der Waals surface area contributed by atoms with Gasteiger partial charge in [0.25, 0.3) is 0 Å². The van der Waals surface area contributed by atoms with Gasteiger partial charge >= 0.3 is 6.18 Å². The summed E-state index contributed by atoms with van der Waals surface area (Å²) < 4.78 is 53.4. The smallest absolute Gasteiger partial charge is 0.323 e. The molecule has 2 rings (SSSR count). The van der Waals surface area contributed by atoms with Crippen molar-refractivity contribution < 1.29 is 22.4 Å². The maximum Gasteiger partial charge on any atom is 0.404 e. The minimum Gasteiger partial charge on any atom is -0.323 e. The second kappa shape index (κ2) is 5.33. The van der Waals surface area contributed by atoms with Crippen molar-refractivity contribution in [3.63, 3.8) is 0 Å². The van der Waals surface area contributed by atoms with E-state index in [1.54, 1.807) is 0 Å². The average molecular weight is 355 g/mol. The van der Waals surface area contributed by atoms with Crippen molar-refractivity contribution in [2.24, 2.45) is 5.41 Å². The Bertz CT molecular complexity index is 527. The molecular formula is C12H11BrF4N2O. The first kappa shape index (κ1) is 15.2. The van der Waals surface area contributed by atoms with Crippen LogP contribution in [0.5, 0.6) is 0 Å². The van der Waals surface area contributed by atoms with Crippen molar-refractivity contribution in [1.82, 2.24) is 5.32 Å². The third-order valence-electron chi connectivity index (χ3n) is 3.31. The highest BCUT2D eigenvalue weighted by atomic mass is 79.9. The maximum atomic E-state index is 13.5. The lowest BCUT2D eigenvalue weighted by atomic mass is 9.85. The molecule has 0 aliphatic carbocycles. The predicted molar refractivity (Wildman–Crippen MR) is 68.7 cm³/mol. The Balaban J connectivity index is 2.28. The molecule has 1 fully saturated rings. The largest absolute Gasteiger partial charge is 0.404 e. The molecule has 1 aromatic carbocycles. The van der Waals surface area contributed by atoms with Crippen LogP contribution in [-0.2, 0) is 4.79 Å². The van der Waals surface area contributed by atoms with Gasteiger partial charge in [-0.05, 0) is 31.2 Å². The van der Waals surface area contributed by atoms with E-state index in [2.05, 4.69) is 21.2 Å². The van der Waals surface area contributed by atoms with Crippen LogP contribution in [-0.4, -0.2) is 25.2 Å². The number of carbonyl (C=O) groups is 1. The first-order valence-corrected chi connectivity index (χ1v) is 6.59. The summed E-state index contributed by atoms with van der Waals surface area (Å²) in [4.78, 5) is 12.0. The normalized spacial score (nSPS) is 22.9. The fourth-order valence-electron chi connectivity index (χ4n) is 2.09. The van der Waals surface area contributed by atoms with E-state index in [0.29, 0.717) is 4.47 Å². The molecular weight excluding hydrogens is 344 g/mol. The van der Waals surface area contributed by atoms with E-state index < -0.39 is 29.9 Å². The second-order valence-electron chi connectivity index (χ2n) is 4.58. The number of hydrogen-bond acceptors (Lipinski definition) is 2. The van der Waals surface area contributed by atoms with Crippen LogP contribution in [0.25, 0.3) is 0 Å². The van der Waals surface area contributed by atoms with Crippen molar-refractivity contribution in [3.8, 4) is 0 Å². The van der Waals surface area contributed by atoms with Crippen molar-refractivity contribution in [2.75, 3.05) is 18.4 Å². The Morgan fingerprint density at radius 1 is 1.40 bits per heavy atom. The Morgan fingerprint density at radius 2 is 2.10 bits per heavy atom. The number of carbonyl (C=O) groups excluding carboxylic acids is 1. The van der Waals surface area contributed by atoms with Crippen molar-refractivity contribution >= 4 is 27.5 Å². The Kier molecular flexibility index (Phi) is 4.06. The Morgan fingerprint density at radius 3 is 2.65 bits per heavy atom. The predicted octanol–water partition coefficient (Wildman–Crippen LogP) is 3.07. The monoisotopic (exact) mass is 354 g/mol. The minimum absolute atomic E-state index is 0.0912. The van der Waals surface area contributed by atoms with Crippen LogP contribution in [0.2, 0.25) is 0 Å². The number of benzene rings is 1. The van der Waals surface area contributed by atoms with E-state index in [1.165, 1.54) is 12.1 Å². The summed E-state index contributed by atoms with van der Waals surface area (Å²) in [5.41, 5.74) is -2.79. The maximum absolute atomic E-state index is 13.5. The lowest BCUT2D eigenvalue weighted by Crippen LogP contribution is -2.49. The summed E-state index contributed by atoms with van der Waals surface area (Å²) >= 11 is 3.07. The van der Waals surface area contributed by atoms with Crippen LogP contribution in [0, 0.1) is 11.2 Å². The zero-order valence-corrected chi connectivity index (χ0v) is 11.7. The van der Waals surface area contributed by atoms with Gasteiger partial charge in [-0.15, -0.1) is 0 Å². The molecule has 0 spiro atoms. The molecule has 1 aromatic rings. The number of amides is 1. The fourth-order valence-corrected chi connectivity index (χ4v) is 2.45. The first-order chi connectivity index (χ1) is 9.26. The molecule has 0 aromatic heterocycles. The van der Waals surface area contributed by atoms with Crippen LogP contribution >= 0.6 is 15.9 Å². The Hall–Kier alpha value is -1.15. The fraction of sp³-hybridized carbons (Fsp3) is 0.417. The van der Waals surface area contributed by atoms with E-state index >= 15 is 0 Å². The van der Waals surface area contributed by atoms with Gasteiger partial charge in [-0.25, -0.2) is 4.39 Å². The average Bonchev–Trinajstić information content (AvgIpc) is 2.83. The number of hydrogen-bond donors (Lipinski definition) is 2. The van der Waals surface area contributed by atoms with E-state index in [1.807, 2.05) is 5.32 Å². The molecule has 1 saturated heterocycles. The van der Waals surface area contributed by atoms with Crippen molar-refractivity contribution in [3.05, 3.63) is 28.5 Å². The van der Waals surface area contributed by atoms with E-state index in [-0.39, 0.29) is 18.7 Å². The van der Waals surface area contributed by atoms with E-state index in [4.69, 9.17) is 0 Å². The molecule has 0 saturated carbocycles. The molecule has 1 amide bonds. The zero-order chi connectivity index (χ0) is 15.0. The number of nitrogens with one attached hydrogen (secondary N) is 2. The lowest BCUT2D eigenvalue weighted by molar-refractivity contribution is -0.213. The molecule has 20 heavy (non-hydrogen) atoms. The molecule has 1 atom stereocenters. The van der Waals surface area contributed by atoms with Crippen LogP contribution < -0.4 is 10.6 Å². The van der Waals surface area contributed by atoms with Gasteiger partial charge in [0.1, 0.15) is 5.82 Å². The SMILES string of the molecule is O=C(Nc1cc(Br)ccc1F)C1(C(F)(F)F)CCNC1. The van der Waals surface area contributed by atoms with Gasteiger partial charge in [0.15, 0.2) is 5.41 Å². The zero-order valence-electron chi connectivity index (χ0n) is 10.2. The van der Waals surface area contributed by atoms with Crippen molar-refractivity contribution in [1.29, 1.82) is 0 Å². The van der Waals surface area contributed by atoms with Gasteiger partial charge in [-0.1, -0.05) is 15.9 Å². The van der Waals surface area contributed by atoms with Crippen LogP contribution in [0.15, 0.2) is 22.7 Å². The quantitative estimate of drug-likeness (QED) is 0.801. The van der Waals surface area contributed by atoms with Crippen molar-refractivity contribution in [2.45, 2.75) is 12.6 Å². The third-order valence-corrected chi connectivity index (χ3v) is 3.80. The molecule has 1 aliphatic rings. The molecule has 3 nitrogen and oxygen atoms in total. The van der Waals surface area contributed by atoms with E-state index in [9.17, 15) is 22.4 Å². The molecule has 0 radical (unpaired) electrons. The summed E-state index contributed by atoms with van der Waals surface area (Å²) in [6.45, 7) is -0.411. The van der Waals surface area contributed by atoms with Crippen LogP contribution in [0.4, 0.5) is 23.2 Å². The molecule has 1 aliphatic heterocycles. The summed E-state index contributed by atoms with van der Waals surface area (Å²) in [6.07, 6.45) is -5.05. The molecule has 1 heterocycles. The number of alkyl halides is 3. The van der Waals surface area contributed by atoms with Gasteiger partial charge in [-0.3, -0.25) is 4.79 Å². The minimum atomic E-state index is -4.69. The van der Waals surface area contributed by atoms with Gasteiger partial charge in [0.2, 0.25) is 5.91 Å². The van der Waals surface area contributed by atoms with Gasteiger partial charge < -0.3 is 10.6 Å². The number of halogens is 5. The summed E-state index contributed by atoms with van der Waals surface area (Å²) in [6, 6.07) is 3.67. The first-order valence-electron chi connectivity index (χ1n) is 5.80. The van der Waals surface area contributed by atoms with Crippen LogP contribution in [0.3, 0.4) is 0 Å². The van der Waals surface area contributed by atoms with Gasteiger partial charge in [0.05, 0.1) is 5.69 Å². The molecule has 0 bridgehead atoms.